The van der Waals surface area contributed by atoms with Crippen LogP contribution in [-0.4, -0.2) is 53.3 Å². The Kier molecular flexibility index (Phi) is 7.41. The summed E-state index contributed by atoms with van der Waals surface area (Å²) in [6, 6.07) is 19.2. The van der Waals surface area contributed by atoms with Gasteiger partial charge in [0.05, 0.1) is 10.2 Å². The molecule has 8 heteroatoms. The second kappa shape index (κ2) is 10.8. The molecule has 0 spiro atoms. The van der Waals surface area contributed by atoms with E-state index in [1.165, 1.54) is 16.1 Å². The number of nitrogens with one attached hydrogen (secondary N) is 2. The van der Waals surface area contributed by atoms with Crippen LogP contribution in [0.5, 0.6) is 0 Å². The van der Waals surface area contributed by atoms with Crippen LogP contribution in [-0.2, 0) is 6.54 Å². The average Bonchev–Trinajstić information content (AvgIpc) is 3.33. The van der Waals surface area contributed by atoms with Crippen LogP contribution in [0.3, 0.4) is 0 Å². The lowest BCUT2D eigenvalue weighted by atomic mass is 10.2. The van der Waals surface area contributed by atoms with Crippen molar-refractivity contribution >= 4 is 56.5 Å². The first-order valence-electron chi connectivity index (χ1n) is 12.1. The second-order valence-electron chi connectivity index (χ2n) is 9.12. The number of fused-ring (bicyclic) bond motifs is 1. The van der Waals surface area contributed by atoms with Gasteiger partial charge >= 0.3 is 0 Å². The van der Waals surface area contributed by atoms with Gasteiger partial charge in [-0.2, -0.15) is 4.98 Å². The highest BCUT2D eigenvalue weighted by Crippen LogP contribution is 2.31. The van der Waals surface area contributed by atoms with Crippen molar-refractivity contribution in [2.24, 2.45) is 0 Å². The fourth-order valence-corrected chi connectivity index (χ4v) is 5.94. The minimum absolute atomic E-state index is 0.539. The Morgan fingerprint density at radius 1 is 0.971 bits per heavy atom. The summed E-state index contributed by atoms with van der Waals surface area (Å²) in [5.41, 5.74) is 4.48. The van der Waals surface area contributed by atoms with Gasteiger partial charge in [-0.3, -0.25) is 0 Å². The van der Waals surface area contributed by atoms with Gasteiger partial charge < -0.3 is 20.4 Å². The van der Waals surface area contributed by atoms with Crippen molar-refractivity contribution in [2.75, 3.05) is 48.8 Å². The number of thioether (sulfide) groups is 1. The van der Waals surface area contributed by atoms with E-state index < -0.39 is 0 Å². The minimum Gasteiger partial charge on any atom is -0.369 e. The third-order valence-electron chi connectivity index (χ3n) is 6.08. The van der Waals surface area contributed by atoms with Crippen molar-refractivity contribution in [3.63, 3.8) is 0 Å². The highest BCUT2D eigenvalue weighted by atomic mass is 32.2. The number of nitrogens with zero attached hydrogens (tertiary/aromatic N) is 4. The fourth-order valence-electron chi connectivity index (χ4n) is 4.19. The standard InChI is InChI=1S/C27H32N6S2/c1-19(2)35-24-7-5-4-6-20(24)18-28-26-25-23(12-17-34-25)30-27(31-26)29-21-8-10-22(11-9-21)33-15-13-32(3)14-16-33/h4-12,17,19H,13-16,18H2,1-3H3,(H2,28,29,30,31). The van der Waals surface area contributed by atoms with Gasteiger partial charge in [0, 0.05) is 54.2 Å². The predicted octanol–water partition coefficient (Wildman–Crippen LogP) is 6.30. The van der Waals surface area contributed by atoms with Crippen molar-refractivity contribution in [1.82, 2.24) is 14.9 Å². The summed E-state index contributed by atoms with van der Waals surface area (Å²) in [4.78, 5) is 15.7. The molecule has 1 aliphatic heterocycles. The Morgan fingerprint density at radius 2 is 1.74 bits per heavy atom. The lowest BCUT2D eigenvalue weighted by molar-refractivity contribution is 0.313. The topological polar surface area (TPSA) is 56.3 Å². The van der Waals surface area contributed by atoms with E-state index in [-0.39, 0.29) is 0 Å². The van der Waals surface area contributed by atoms with E-state index in [1.807, 2.05) is 11.8 Å². The van der Waals surface area contributed by atoms with E-state index in [9.17, 15) is 0 Å². The molecule has 2 aromatic carbocycles. The highest BCUT2D eigenvalue weighted by molar-refractivity contribution is 8.00. The zero-order valence-electron chi connectivity index (χ0n) is 20.5. The van der Waals surface area contributed by atoms with Crippen molar-refractivity contribution in [1.29, 1.82) is 0 Å². The molecule has 0 saturated carbocycles. The Hall–Kier alpha value is -2.81. The zero-order valence-corrected chi connectivity index (χ0v) is 22.1. The number of hydrogen-bond donors (Lipinski definition) is 2. The first-order valence-corrected chi connectivity index (χ1v) is 13.9. The van der Waals surface area contributed by atoms with E-state index >= 15 is 0 Å². The fraction of sp³-hybridized carbons (Fsp3) is 0.333. The molecule has 1 aliphatic rings. The monoisotopic (exact) mass is 504 g/mol. The number of rotatable bonds is 8. The van der Waals surface area contributed by atoms with Crippen LogP contribution in [0.2, 0.25) is 0 Å². The maximum atomic E-state index is 4.85. The zero-order chi connectivity index (χ0) is 24.2. The Labute approximate surface area is 215 Å². The number of benzene rings is 2. The van der Waals surface area contributed by atoms with E-state index in [1.54, 1.807) is 11.3 Å². The first kappa shape index (κ1) is 23.9. The maximum Gasteiger partial charge on any atom is 0.229 e. The van der Waals surface area contributed by atoms with Crippen LogP contribution in [0.1, 0.15) is 19.4 Å². The molecule has 2 aromatic heterocycles. The SMILES string of the molecule is CC(C)Sc1ccccc1CNc1nc(Nc2ccc(N3CCN(C)CC3)cc2)nc2ccsc12. The molecular weight excluding hydrogens is 472 g/mol. The normalized spacial score (nSPS) is 14.6. The molecule has 0 radical (unpaired) electrons. The molecular formula is C27H32N6S2. The summed E-state index contributed by atoms with van der Waals surface area (Å²) in [6.45, 7) is 9.51. The van der Waals surface area contributed by atoms with Gasteiger partial charge in [0.25, 0.3) is 0 Å². The Balaban J connectivity index is 1.32. The van der Waals surface area contributed by atoms with Crippen molar-refractivity contribution in [3.05, 3.63) is 65.5 Å². The van der Waals surface area contributed by atoms with Crippen LogP contribution in [0.25, 0.3) is 10.2 Å². The summed E-state index contributed by atoms with van der Waals surface area (Å²) >= 11 is 3.56. The number of piperazine rings is 1. The van der Waals surface area contributed by atoms with Gasteiger partial charge in [0.15, 0.2) is 0 Å². The molecule has 0 bridgehead atoms. The third-order valence-corrected chi connectivity index (χ3v) is 8.11. The van der Waals surface area contributed by atoms with Crippen LogP contribution in [0.4, 0.5) is 23.1 Å². The van der Waals surface area contributed by atoms with Crippen molar-refractivity contribution < 1.29 is 0 Å². The van der Waals surface area contributed by atoms with Gasteiger partial charge in [-0.1, -0.05) is 32.0 Å². The van der Waals surface area contributed by atoms with Gasteiger partial charge in [0.2, 0.25) is 5.95 Å². The van der Waals surface area contributed by atoms with E-state index in [0.29, 0.717) is 11.2 Å². The van der Waals surface area contributed by atoms with Crippen molar-refractivity contribution in [2.45, 2.75) is 30.5 Å². The number of thiophene rings is 1. The van der Waals surface area contributed by atoms with Crippen molar-refractivity contribution in [3.8, 4) is 0 Å². The van der Waals surface area contributed by atoms with Crippen LogP contribution in [0, 0.1) is 0 Å². The molecule has 2 N–H and O–H groups in total. The molecule has 0 atom stereocenters. The summed E-state index contributed by atoms with van der Waals surface area (Å²) in [5, 5.41) is 9.60. The molecule has 1 saturated heterocycles. The van der Waals surface area contributed by atoms with E-state index in [0.717, 1.165) is 54.4 Å². The predicted molar refractivity (Wildman–Crippen MR) is 152 cm³/mol. The lowest BCUT2D eigenvalue weighted by Gasteiger charge is -2.34. The maximum absolute atomic E-state index is 4.85. The second-order valence-corrected chi connectivity index (χ2v) is 11.7. The van der Waals surface area contributed by atoms with Gasteiger partial charge in [0.1, 0.15) is 5.82 Å². The quantitative estimate of drug-likeness (QED) is 0.273. The minimum atomic E-state index is 0.539. The smallest absolute Gasteiger partial charge is 0.229 e. The number of aromatic nitrogens is 2. The van der Waals surface area contributed by atoms with Crippen LogP contribution >= 0.6 is 23.1 Å². The number of hydrogen-bond acceptors (Lipinski definition) is 8. The molecule has 5 rings (SSSR count). The molecule has 3 heterocycles. The first-order chi connectivity index (χ1) is 17.0. The summed E-state index contributed by atoms with van der Waals surface area (Å²) in [7, 11) is 2.18. The van der Waals surface area contributed by atoms with E-state index in [4.69, 9.17) is 9.97 Å². The molecule has 0 amide bonds. The molecule has 35 heavy (non-hydrogen) atoms. The number of anilines is 4. The largest absolute Gasteiger partial charge is 0.369 e. The third kappa shape index (κ3) is 5.89. The summed E-state index contributed by atoms with van der Waals surface area (Å²) < 4.78 is 1.08. The average molecular weight is 505 g/mol. The summed E-state index contributed by atoms with van der Waals surface area (Å²) in [6.07, 6.45) is 0. The number of likely N-dealkylation sites (N-methyl/N-ethyl adjacent to an activating group) is 1. The Bertz CT molecular complexity index is 1260. The highest BCUT2D eigenvalue weighted by Gasteiger charge is 2.15. The van der Waals surface area contributed by atoms with Crippen LogP contribution in [0.15, 0.2) is 64.9 Å². The van der Waals surface area contributed by atoms with Crippen LogP contribution < -0.4 is 15.5 Å². The lowest BCUT2D eigenvalue weighted by Crippen LogP contribution is -2.44. The van der Waals surface area contributed by atoms with Gasteiger partial charge in [-0.15, -0.1) is 23.1 Å². The summed E-state index contributed by atoms with van der Waals surface area (Å²) in [5.74, 6) is 1.47. The van der Waals surface area contributed by atoms with Gasteiger partial charge in [-0.25, -0.2) is 4.98 Å². The van der Waals surface area contributed by atoms with Gasteiger partial charge in [-0.05, 0) is 54.4 Å². The van der Waals surface area contributed by atoms with E-state index in [2.05, 4.69) is 101 Å². The molecule has 182 valence electrons. The molecule has 1 fully saturated rings. The molecule has 0 aliphatic carbocycles. The molecule has 6 nitrogen and oxygen atoms in total. The molecule has 0 unspecified atom stereocenters. The molecule has 4 aromatic rings. The Morgan fingerprint density at radius 3 is 2.51 bits per heavy atom.